The number of aromatic carboxylic acids is 1. The van der Waals surface area contributed by atoms with E-state index in [1.165, 1.54) is 16.4 Å². The van der Waals surface area contributed by atoms with E-state index in [2.05, 4.69) is 5.16 Å². The van der Waals surface area contributed by atoms with Gasteiger partial charge in [0.2, 0.25) is 0 Å². The third-order valence-electron chi connectivity index (χ3n) is 3.55. The summed E-state index contributed by atoms with van der Waals surface area (Å²) in [6.07, 6.45) is 1.40. The van der Waals surface area contributed by atoms with Crippen LogP contribution in [0.2, 0.25) is 0 Å². The fraction of sp³-hybridized carbons (Fsp3) is 0.385. The number of thiophene rings is 1. The number of carbonyl (C=O) groups is 1. The molecule has 9 heteroatoms. The van der Waals surface area contributed by atoms with Crippen molar-refractivity contribution < 1.29 is 22.8 Å². The summed E-state index contributed by atoms with van der Waals surface area (Å²) in [6.45, 7) is 2.14. The van der Waals surface area contributed by atoms with E-state index >= 15 is 0 Å². The lowest BCUT2D eigenvalue weighted by Crippen LogP contribution is -2.30. The lowest BCUT2D eigenvalue weighted by molar-refractivity contribution is 0.0702. The molecule has 0 amide bonds. The maximum atomic E-state index is 12.7. The van der Waals surface area contributed by atoms with E-state index < -0.39 is 16.0 Å². The maximum absolute atomic E-state index is 12.7. The summed E-state index contributed by atoms with van der Waals surface area (Å²) in [5, 5.41) is 12.9. The van der Waals surface area contributed by atoms with Crippen LogP contribution in [-0.4, -0.2) is 35.5 Å². The van der Waals surface area contributed by atoms with Crippen molar-refractivity contribution in [1.82, 2.24) is 9.46 Å². The standard InChI is InChI=1S/C13H14N2O5S2/c1-8-7-9(14-20-8)10-3-2-6-15(10)22(18,19)12-5-4-11(21-12)13(16)17/h4-5,7,10H,2-3,6H2,1H3,(H,16,17). The summed E-state index contributed by atoms with van der Waals surface area (Å²) in [5.74, 6) is -0.500. The summed E-state index contributed by atoms with van der Waals surface area (Å²) in [4.78, 5) is 10.9. The molecule has 0 aromatic carbocycles. The Morgan fingerprint density at radius 3 is 2.86 bits per heavy atom. The van der Waals surface area contributed by atoms with E-state index in [0.29, 0.717) is 24.4 Å². The maximum Gasteiger partial charge on any atom is 0.345 e. The van der Waals surface area contributed by atoms with Crippen molar-refractivity contribution in [2.24, 2.45) is 0 Å². The molecule has 1 N–H and O–H groups in total. The van der Waals surface area contributed by atoms with Crippen LogP contribution in [0.25, 0.3) is 0 Å². The zero-order valence-corrected chi connectivity index (χ0v) is 13.4. The fourth-order valence-corrected chi connectivity index (χ4v) is 5.50. The second-order valence-corrected chi connectivity index (χ2v) is 8.26. The van der Waals surface area contributed by atoms with Gasteiger partial charge in [0, 0.05) is 12.6 Å². The summed E-state index contributed by atoms with van der Waals surface area (Å²) >= 11 is 0.764. The van der Waals surface area contributed by atoms with Gasteiger partial charge >= 0.3 is 5.97 Å². The molecule has 1 atom stereocenters. The highest BCUT2D eigenvalue weighted by Gasteiger charge is 2.38. The van der Waals surface area contributed by atoms with Gasteiger partial charge in [-0.15, -0.1) is 11.3 Å². The van der Waals surface area contributed by atoms with Crippen LogP contribution in [0.5, 0.6) is 0 Å². The van der Waals surface area contributed by atoms with E-state index in [1.807, 2.05) is 0 Å². The van der Waals surface area contributed by atoms with Crippen molar-refractivity contribution >= 4 is 27.3 Å². The van der Waals surface area contributed by atoms with Gasteiger partial charge in [0.1, 0.15) is 20.5 Å². The Hall–Kier alpha value is -1.71. The largest absolute Gasteiger partial charge is 0.477 e. The molecule has 2 aromatic heterocycles. The first-order chi connectivity index (χ1) is 10.4. The Morgan fingerprint density at radius 2 is 2.27 bits per heavy atom. The van der Waals surface area contributed by atoms with Gasteiger partial charge < -0.3 is 9.63 Å². The van der Waals surface area contributed by atoms with E-state index in [4.69, 9.17) is 9.63 Å². The number of sulfonamides is 1. The van der Waals surface area contributed by atoms with Crippen molar-refractivity contribution in [2.75, 3.05) is 6.54 Å². The first-order valence-electron chi connectivity index (χ1n) is 6.68. The molecular formula is C13H14N2O5S2. The van der Waals surface area contributed by atoms with Crippen molar-refractivity contribution in [2.45, 2.75) is 30.0 Å². The van der Waals surface area contributed by atoms with Gasteiger partial charge in [-0.25, -0.2) is 13.2 Å². The molecule has 118 valence electrons. The highest BCUT2D eigenvalue weighted by atomic mass is 32.2. The van der Waals surface area contributed by atoms with Crippen molar-refractivity contribution in [1.29, 1.82) is 0 Å². The predicted octanol–water partition coefficient (Wildman–Crippen LogP) is 2.27. The van der Waals surface area contributed by atoms with Crippen LogP contribution >= 0.6 is 11.3 Å². The lowest BCUT2D eigenvalue weighted by atomic mass is 10.1. The van der Waals surface area contributed by atoms with E-state index in [9.17, 15) is 13.2 Å². The molecule has 0 spiro atoms. The molecule has 1 saturated heterocycles. The third kappa shape index (κ3) is 2.55. The number of hydrogen-bond acceptors (Lipinski definition) is 6. The molecule has 7 nitrogen and oxygen atoms in total. The number of hydrogen-bond donors (Lipinski definition) is 1. The van der Waals surface area contributed by atoms with Crippen LogP contribution in [0.15, 0.2) is 26.9 Å². The SMILES string of the molecule is Cc1cc(C2CCCN2S(=O)(=O)c2ccc(C(=O)O)s2)no1. The monoisotopic (exact) mass is 342 g/mol. The zero-order valence-electron chi connectivity index (χ0n) is 11.7. The van der Waals surface area contributed by atoms with Crippen molar-refractivity contribution in [3.05, 3.63) is 34.5 Å². The second-order valence-electron chi connectivity index (χ2n) is 5.06. The molecule has 0 radical (unpaired) electrons. The summed E-state index contributed by atoms with van der Waals surface area (Å²) in [7, 11) is -3.73. The molecule has 1 fully saturated rings. The van der Waals surface area contributed by atoms with Crippen LogP contribution in [0.3, 0.4) is 0 Å². The smallest absolute Gasteiger partial charge is 0.345 e. The molecule has 3 heterocycles. The van der Waals surface area contributed by atoms with Crippen LogP contribution in [0.1, 0.15) is 40.0 Å². The average Bonchev–Trinajstić information content (AvgIpc) is 3.18. The van der Waals surface area contributed by atoms with Crippen LogP contribution in [-0.2, 0) is 10.0 Å². The first kappa shape index (κ1) is 15.2. The van der Waals surface area contributed by atoms with Gasteiger partial charge in [-0.1, -0.05) is 5.16 Å². The number of carboxylic acids is 1. The second kappa shape index (κ2) is 5.49. The molecule has 22 heavy (non-hydrogen) atoms. The third-order valence-corrected chi connectivity index (χ3v) is 7.00. The van der Waals surface area contributed by atoms with E-state index in [0.717, 1.165) is 17.8 Å². The van der Waals surface area contributed by atoms with Gasteiger partial charge in [0.15, 0.2) is 0 Å². The Balaban J connectivity index is 1.94. The Kier molecular flexibility index (Phi) is 3.79. The van der Waals surface area contributed by atoms with E-state index in [1.54, 1.807) is 13.0 Å². The molecule has 2 aromatic rings. The minimum Gasteiger partial charge on any atom is -0.477 e. The number of aryl methyl sites for hydroxylation is 1. The van der Waals surface area contributed by atoms with Gasteiger partial charge in [-0.05, 0) is 31.9 Å². The van der Waals surface area contributed by atoms with Crippen molar-refractivity contribution in [3.63, 3.8) is 0 Å². The number of aromatic nitrogens is 1. The normalized spacial score (nSPS) is 19.6. The summed E-state index contributed by atoms with van der Waals surface area (Å²) < 4.78 is 31.9. The Labute approximate surface area is 131 Å². The minimum atomic E-state index is -3.73. The van der Waals surface area contributed by atoms with Gasteiger partial charge in [-0.2, -0.15) is 4.31 Å². The average molecular weight is 342 g/mol. The molecular weight excluding hydrogens is 328 g/mol. The molecule has 0 saturated carbocycles. The molecule has 1 aliphatic rings. The van der Waals surface area contributed by atoms with Crippen molar-refractivity contribution in [3.8, 4) is 0 Å². The zero-order chi connectivity index (χ0) is 15.9. The molecule has 3 rings (SSSR count). The Bertz CT molecular complexity index is 808. The lowest BCUT2D eigenvalue weighted by Gasteiger charge is -2.21. The quantitative estimate of drug-likeness (QED) is 0.915. The number of carboxylic acid groups (broad SMARTS) is 1. The van der Waals surface area contributed by atoms with Crippen LogP contribution in [0.4, 0.5) is 0 Å². The molecule has 1 unspecified atom stereocenters. The van der Waals surface area contributed by atoms with Crippen LogP contribution in [0, 0.1) is 6.92 Å². The first-order valence-corrected chi connectivity index (χ1v) is 8.93. The molecule has 0 bridgehead atoms. The number of nitrogens with zero attached hydrogens (tertiary/aromatic N) is 2. The summed E-state index contributed by atoms with van der Waals surface area (Å²) in [6, 6.07) is 4.02. The van der Waals surface area contributed by atoms with Gasteiger partial charge in [-0.3, -0.25) is 0 Å². The van der Waals surface area contributed by atoms with E-state index in [-0.39, 0.29) is 15.1 Å². The predicted molar refractivity (Wildman–Crippen MR) is 78.4 cm³/mol. The molecule has 1 aliphatic heterocycles. The topological polar surface area (TPSA) is 101 Å². The Morgan fingerprint density at radius 1 is 1.50 bits per heavy atom. The molecule has 0 aliphatic carbocycles. The fourth-order valence-electron chi connectivity index (χ4n) is 2.56. The summed E-state index contributed by atoms with van der Waals surface area (Å²) in [5.41, 5.74) is 0.591. The van der Waals surface area contributed by atoms with Gasteiger partial charge in [0.25, 0.3) is 10.0 Å². The van der Waals surface area contributed by atoms with Crippen LogP contribution < -0.4 is 0 Å². The highest BCUT2D eigenvalue weighted by molar-refractivity contribution is 7.91. The number of rotatable bonds is 4. The van der Waals surface area contributed by atoms with Gasteiger partial charge in [0.05, 0.1) is 6.04 Å². The minimum absolute atomic E-state index is 0.00611. The highest BCUT2D eigenvalue weighted by Crippen LogP contribution is 2.37.